The van der Waals surface area contributed by atoms with Crippen LogP contribution in [0.15, 0.2) is 18.2 Å². The van der Waals surface area contributed by atoms with Gasteiger partial charge in [-0.25, -0.2) is 4.98 Å². The number of rotatable bonds is 4. The SMILES string of the molecule is CC(C)NCc1cccc(N2CCCC(C)(C)CC2)n1. The van der Waals surface area contributed by atoms with Crippen LogP contribution in [0, 0.1) is 5.41 Å². The molecule has 112 valence electrons. The summed E-state index contributed by atoms with van der Waals surface area (Å²) in [4.78, 5) is 7.27. The molecule has 0 bridgehead atoms. The highest BCUT2D eigenvalue weighted by Gasteiger charge is 2.23. The highest BCUT2D eigenvalue weighted by Crippen LogP contribution is 2.31. The van der Waals surface area contributed by atoms with Crippen LogP contribution in [0.1, 0.15) is 52.7 Å². The molecule has 20 heavy (non-hydrogen) atoms. The second-order valence-corrected chi connectivity index (χ2v) is 7.03. The van der Waals surface area contributed by atoms with Crippen molar-refractivity contribution < 1.29 is 0 Å². The summed E-state index contributed by atoms with van der Waals surface area (Å²) >= 11 is 0. The van der Waals surface area contributed by atoms with Crippen molar-refractivity contribution in [3.8, 4) is 0 Å². The van der Waals surface area contributed by atoms with Crippen LogP contribution in [0.4, 0.5) is 5.82 Å². The van der Waals surface area contributed by atoms with Gasteiger partial charge < -0.3 is 10.2 Å². The zero-order valence-corrected chi connectivity index (χ0v) is 13.4. The van der Waals surface area contributed by atoms with Crippen LogP contribution in [0.3, 0.4) is 0 Å². The molecule has 0 amide bonds. The molecular weight excluding hydrogens is 246 g/mol. The van der Waals surface area contributed by atoms with Crippen molar-refractivity contribution in [1.29, 1.82) is 0 Å². The molecule has 3 heteroatoms. The van der Waals surface area contributed by atoms with Crippen LogP contribution < -0.4 is 10.2 Å². The highest BCUT2D eigenvalue weighted by molar-refractivity contribution is 5.39. The Kier molecular flexibility index (Phi) is 5.03. The number of pyridine rings is 1. The number of nitrogens with zero attached hydrogens (tertiary/aromatic N) is 2. The first-order valence-corrected chi connectivity index (χ1v) is 7.90. The van der Waals surface area contributed by atoms with Crippen LogP contribution in [0.2, 0.25) is 0 Å². The molecule has 0 saturated carbocycles. The largest absolute Gasteiger partial charge is 0.357 e. The lowest BCUT2D eigenvalue weighted by Crippen LogP contribution is -2.27. The van der Waals surface area contributed by atoms with Gasteiger partial charge in [0.25, 0.3) is 0 Å². The average Bonchev–Trinajstić information content (AvgIpc) is 2.58. The molecule has 1 fully saturated rings. The molecule has 0 atom stereocenters. The van der Waals surface area contributed by atoms with Gasteiger partial charge in [0.05, 0.1) is 5.69 Å². The van der Waals surface area contributed by atoms with E-state index < -0.39 is 0 Å². The second-order valence-electron chi connectivity index (χ2n) is 7.03. The zero-order chi connectivity index (χ0) is 14.6. The van der Waals surface area contributed by atoms with Gasteiger partial charge >= 0.3 is 0 Å². The van der Waals surface area contributed by atoms with Gasteiger partial charge in [-0.05, 0) is 36.8 Å². The molecule has 3 nitrogen and oxygen atoms in total. The lowest BCUT2D eigenvalue weighted by atomic mass is 9.85. The number of anilines is 1. The average molecular weight is 275 g/mol. The minimum atomic E-state index is 0.478. The van der Waals surface area contributed by atoms with Crippen molar-refractivity contribution in [2.24, 2.45) is 5.41 Å². The molecule has 0 aliphatic carbocycles. The predicted molar refractivity (Wildman–Crippen MR) is 86.1 cm³/mol. The van der Waals surface area contributed by atoms with Crippen molar-refractivity contribution in [2.45, 2.75) is 59.5 Å². The number of nitrogens with one attached hydrogen (secondary N) is 1. The molecule has 1 aliphatic heterocycles. The van der Waals surface area contributed by atoms with Gasteiger partial charge in [0.15, 0.2) is 0 Å². The summed E-state index contributed by atoms with van der Waals surface area (Å²) < 4.78 is 0. The molecule has 2 rings (SSSR count). The molecule has 1 saturated heterocycles. The first kappa shape index (κ1) is 15.3. The summed E-state index contributed by atoms with van der Waals surface area (Å²) in [5, 5.41) is 3.44. The second kappa shape index (κ2) is 6.57. The van der Waals surface area contributed by atoms with Crippen molar-refractivity contribution >= 4 is 5.82 Å². The van der Waals surface area contributed by atoms with E-state index >= 15 is 0 Å². The Bertz CT molecular complexity index is 426. The Morgan fingerprint density at radius 1 is 1.25 bits per heavy atom. The van der Waals surface area contributed by atoms with Crippen LogP contribution >= 0.6 is 0 Å². The topological polar surface area (TPSA) is 28.2 Å². The third kappa shape index (κ3) is 4.48. The molecule has 0 unspecified atom stereocenters. The highest BCUT2D eigenvalue weighted by atomic mass is 15.2. The predicted octanol–water partition coefficient (Wildman–Crippen LogP) is 3.60. The van der Waals surface area contributed by atoms with Gasteiger partial charge in [-0.2, -0.15) is 0 Å². The molecule has 1 aromatic heterocycles. The Morgan fingerprint density at radius 3 is 2.80 bits per heavy atom. The van der Waals surface area contributed by atoms with Crippen LogP contribution in [-0.2, 0) is 6.54 Å². The third-order valence-corrected chi connectivity index (χ3v) is 4.15. The van der Waals surface area contributed by atoms with Gasteiger partial charge in [-0.1, -0.05) is 33.8 Å². The summed E-state index contributed by atoms with van der Waals surface area (Å²) in [5.74, 6) is 1.14. The number of hydrogen-bond donors (Lipinski definition) is 1. The van der Waals surface area contributed by atoms with Gasteiger partial charge in [-0.15, -0.1) is 0 Å². The lowest BCUT2D eigenvalue weighted by molar-refractivity contribution is 0.325. The first-order valence-electron chi connectivity index (χ1n) is 7.90. The zero-order valence-electron chi connectivity index (χ0n) is 13.4. The standard InChI is InChI=1S/C17H29N3/c1-14(2)18-13-15-7-5-8-16(19-15)20-11-6-9-17(3,4)10-12-20/h5,7-8,14,18H,6,9-13H2,1-4H3. The fourth-order valence-electron chi connectivity index (χ4n) is 2.70. The Hall–Kier alpha value is -1.09. The maximum absolute atomic E-state index is 4.82. The monoisotopic (exact) mass is 275 g/mol. The van der Waals surface area contributed by atoms with E-state index in [4.69, 9.17) is 4.98 Å². The number of aromatic nitrogens is 1. The Balaban J connectivity index is 2.03. The number of hydrogen-bond acceptors (Lipinski definition) is 3. The van der Waals surface area contributed by atoms with Crippen molar-refractivity contribution in [3.63, 3.8) is 0 Å². The van der Waals surface area contributed by atoms with Gasteiger partial charge in [0, 0.05) is 25.7 Å². The van der Waals surface area contributed by atoms with Crippen molar-refractivity contribution in [1.82, 2.24) is 10.3 Å². The smallest absolute Gasteiger partial charge is 0.128 e. The van der Waals surface area contributed by atoms with Crippen LogP contribution in [0.25, 0.3) is 0 Å². The maximum Gasteiger partial charge on any atom is 0.128 e. The van der Waals surface area contributed by atoms with Crippen LogP contribution in [-0.4, -0.2) is 24.1 Å². The van der Waals surface area contributed by atoms with E-state index in [0.29, 0.717) is 11.5 Å². The normalized spacial score (nSPS) is 19.1. The van der Waals surface area contributed by atoms with E-state index in [1.54, 1.807) is 0 Å². The van der Waals surface area contributed by atoms with Crippen LogP contribution in [0.5, 0.6) is 0 Å². The van der Waals surface area contributed by atoms with E-state index in [-0.39, 0.29) is 0 Å². The fraction of sp³-hybridized carbons (Fsp3) is 0.706. The van der Waals surface area contributed by atoms with Gasteiger partial charge in [-0.3, -0.25) is 0 Å². The summed E-state index contributed by atoms with van der Waals surface area (Å²) in [6.07, 6.45) is 3.84. The maximum atomic E-state index is 4.82. The van der Waals surface area contributed by atoms with Gasteiger partial charge in [0.2, 0.25) is 0 Å². The fourth-order valence-corrected chi connectivity index (χ4v) is 2.70. The van der Waals surface area contributed by atoms with Crippen molar-refractivity contribution in [2.75, 3.05) is 18.0 Å². The summed E-state index contributed by atoms with van der Waals surface area (Å²) in [6.45, 7) is 12.2. The molecule has 1 aromatic rings. The molecule has 1 N–H and O–H groups in total. The molecular formula is C17H29N3. The van der Waals surface area contributed by atoms with E-state index in [1.165, 1.54) is 19.3 Å². The van der Waals surface area contributed by atoms with Crippen molar-refractivity contribution in [3.05, 3.63) is 23.9 Å². The lowest BCUT2D eigenvalue weighted by Gasteiger charge is -2.24. The van der Waals surface area contributed by atoms with E-state index in [2.05, 4.69) is 56.1 Å². The summed E-state index contributed by atoms with van der Waals surface area (Å²) in [7, 11) is 0. The van der Waals surface area contributed by atoms with E-state index in [1.807, 2.05) is 0 Å². The first-order chi connectivity index (χ1) is 9.46. The van der Waals surface area contributed by atoms with Gasteiger partial charge in [0.1, 0.15) is 5.82 Å². The molecule has 0 spiro atoms. The Labute approximate surface area is 123 Å². The van der Waals surface area contributed by atoms with E-state index in [9.17, 15) is 0 Å². The molecule has 2 heterocycles. The summed E-state index contributed by atoms with van der Waals surface area (Å²) in [6, 6.07) is 6.90. The Morgan fingerprint density at radius 2 is 2.05 bits per heavy atom. The summed E-state index contributed by atoms with van der Waals surface area (Å²) in [5.41, 5.74) is 1.62. The molecule has 0 aromatic carbocycles. The minimum absolute atomic E-state index is 0.478. The third-order valence-electron chi connectivity index (χ3n) is 4.15. The van der Waals surface area contributed by atoms with E-state index in [0.717, 1.165) is 31.1 Å². The molecule has 0 radical (unpaired) electrons. The molecule has 1 aliphatic rings. The quantitative estimate of drug-likeness (QED) is 0.910. The minimum Gasteiger partial charge on any atom is -0.357 e.